The monoisotopic (exact) mass is 173 g/mol. The third-order valence-corrected chi connectivity index (χ3v) is 1.33. The van der Waals surface area contributed by atoms with Crippen LogP contribution in [0.4, 0.5) is 0 Å². The van der Waals surface area contributed by atoms with Crippen LogP contribution in [0.25, 0.3) is 0 Å². The molecule has 0 aromatic rings. The average molecular weight is 173 g/mol. The summed E-state index contributed by atoms with van der Waals surface area (Å²) in [6.45, 7) is 1.36. The highest BCUT2D eigenvalue weighted by molar-refractivity contribution is 5.85. The molecule has 1 N–H and O–H groups in total. The van der Waals surface area contributed by atoms with E-state index in [-0.39, 0.29) is 12.1 Å². The lowest BCUT2D eigenvalue weighted by atomic mass is 10.2. The molecule has 0 amide bonds. The number of carboxylic acids is 1. The number of aliphatic carboxylic acids is 1. The first-order valence-corrected chi connectivity index (χ1v) is 3.56. The molecule has 0 rings (SSSR count). The molecule has 0 aliphatic carbocycles. The van der Waals surface area contributed by atoms with E-state index in [1.54, 1.807) is 0 Å². The van der Waals surface area contributed by atoms with Crippen molar-refractivity contribution in [3.8, 4) is 0 Å². The van der Waals surface area contributed by atoms with Gasteiger partial charge in [0.15, 0.2) is 0 Å². The van der Waals surface area contributed by atoms with Crippen LogP contribution >= 0.6 is 0 Å². The molecule has 0 aromatic heterocycles. The van der Waals surface area contributed by atoms with Crippen LogP contribution in [-0.2, 0) is 4.79 Å². The summed E-state index contributed by atoms with van der Waals surface area (Å²) in [5.41, 5.74) is 0.235. The maximum absolute atomic E-state index is 10.2. The molecule has 0 spiro atoms. The Kier molecular flexibility index (Phi) is 4.67. The van der Waals surface area contributed by atoms with Crippen molar-refractivity contribution in [1.29, 1.82) is 0 Å². The molecule has 68 valence electrons. The van der Waals surface area contributed by atoms with Crippen LogP contribution in [0.1, 0.15) is 19.8 Å². The fourth-order valence-electron chi connectivity index (χ4n) is 0.626. The average Bonchev–Trinajstić information content (AvgIpc) is 1.97. The van der Waals surface area contributed by atoms with E-state index in [2.05, 4.69) is 0 Å². The van der Waals surface area contributed by atoms with Crippen LogP contribution in [0.2, 0.25) is 0 Å². The maximum Gasteiger partial charge on any atom is 0.330 e. The SMILES string of the molecule is CC(=CCCC[N+](=O)[O-])C(=O)O. The molecule has 0 fully saturated rings. The zero-order valence-corrected chi connectivity index (χ0v) is 6.82. The number of nitrogens with zero attached hydrogens (tertiary/aromatic N) is 1. The normalized spacial score (nSPS) is 11.2. The van der Waals surface area contributed by atoms with E-state index >= 15 is 0 Å². The van der Waals surface area contributed by atoms with Gasteiger partial charge in [-0.25, -0.2) is 4.79 Å². The summed E-state index contributed by atoms with van der Waals surface area (Å²) in [7, 11) is 0. The van der Waals surface area contributed by atoms with E-state index in [0.29, 0.717) is 12.8 Å². The van der Waals surface area contributed by atoms with Crippen LogP contribution < -0.4 is 0 Å². The van der Waals surface area contributed by atoms with Gasteiger partial charge in [0.05, 0.1) is 0 Å². The topological polar surface area (TPSA) is 80.4 Å². The van der Waals surface area contributed by atoms with Crippen molar-refractivity contribution in [3.05, 3.63) is 21.8 Å². The van der Waals surface area contributed by atoms with E-state index in [1.807, 2.05) is 0 Å². The van der Waals surface area contributed by atoms with Gasteiger partial charge in [0, 0.05) is 16.9 Å². The fraction of sp³-hybridized carbons (Fsp3) is 0.571. The van der Waals surface area contributed by atoms with Crippen molar-refractivity contribution in [2.75, 3.05) is 6.54 Å². The smallest absolute Gasteiger partial charge is 0.330 e. The number of hydrogen-bond acceptors (Lipinski definition) is 3. The summed E-state index contributed by atoms with van der Waals surface area (Å²) < 4.78 is 0. The number of hydrogen-bond donors (Lipinski definition) is 1. The van der Waals surface area contributed by atoms with Crippen LogP contribution in [0.15, 0.2) is 11.6 Å². The molecule has 0 bridgehead atoms. The maximum atomic E-state index is 10.2. The highest BCUT2D eigenvalue weighted by Gasteiger charge is 1.99. The van der Waals surface area contributed by atoms with E-state index in [4.69, 9.17) is 5.11 Å². The molecule has 0 unspecified atom stereocenters. The molecule has 0 aromatic carbocycles. The molecular formula is C7H11NO4. The standard InChI is InChI=1S/C7H11NO4/c1-6(7(9)10)4-2-3-5-8(11)12/h4H,2-3,5H2,1H3,(H,9,10). The number of nitro groups is 1. The second-order valence-corrected chi connectivity index (χ2v) is 2.39. The minimum Gasteiger partial charge on any atom is -0.478 e. The minimum absolute atomic E-state index is 0.108. The lowest BCUT2D eigenvalue weighted by Gasteiger charge is -1.92. The van der Waals surface area contributed by atoms with Gasteiger partial charge in [-0.2, -0.15) is 0 Å². The summed E-state index contributed by atoms with van der Waals surface area (Å²) in [4.78, 5) is 19.7. The highest BCUT2D eigenvalue weighted by Crippen LogP contribution is 1.98. The van der Waals surface area contributed by atoms with Gasteiger partial charge in [-0.15, -0.1) is 0 Å². The van der Waals surface area contributed by atoms with Crippen molar-refractivity contribution >= 4 is 5.97 Å². The van der Waals surface area contributed by atoms with Gasteiger partial charge in [0.25, 0.3) is 0 Å². The van der Waals surface area contributed by atoms with Gasteiger partial charge in [-0.3, -0.25) is 10.1 Å². The van der Waals surface area contributed by atoms with Crippen LogP contribution in [0, 0.1) is 10.1 Å². The van der Waals surface area contributed by atoms with Crippen LogP contribution in [0.5, 0.6) is 0 Å². The van der Waals surface area contributed by atoms with Gasteiger partial charge in [-0.1, -0.05) is 6.08 Å². The summed E-state index contributed by atoms with van der Waals surface area (Å²) in [6, 6.07) is 0. The zero-order valence-electron chi connectivity index (χ0n) is 6.82. The first-order valence-electron chi connectivity index (χ1n) is 3.56. The van der Waals surface area contributed by atoms with E-state index < -0.39 is 10.9 Å². The van der Waals surface area contributed by atoms with Gasteiger partial charge < -0.3 is 5.11 Å². The molecule has 0 radical (unpaired) electrons. The molecule has 0 heterocycles. The predicted octanol–water partition coefficient (Wildman–Crippen LogP) is 1.07. The lowest BCUT2D eigenvalue weighted by molar-refractivity contribution is -0.480. The van der Waals surface area contributed by atoms with Gasteiger partial charge in [0.1, 0.15) is 0 Å². The quantitative estimate of drug-likeness (QED) is 0.292. The van der Waals surface area contributed by atoms with Crippen molar-refractivity contribution in [3.63, 3.8) is 0 Å². The van der Waals surface area contributed by atoms with Crippen molar-refractivity contribution in [1.82, 2.24) is 0 Å². The number of carboxylic acid groups (broad SMARTS) is 1. The molecule has 0 atom stereocenters. The first kappa shape index (κ1) is 10.6. The van der Waals surface area contributed by atoms with Gasteiger partial charge >= 0.3 is 5.97 Å². The highest BCUT2D eigenvalue weighted by atomic mass is 16.6. The Labute approximate surface area is 69.8 Å². The molecule has 5 nitrogen and oxygen atoms in total. The Morgan fingerprint density at radius 2 is 2.25 bits per heavy atom. The second-order valence-electron chi connectivity index (χ2n) is 2.39. The van der Waals surface area contributed by atoms with Crippen molar-refractivity contribution < 1.29 is 14.8 Å². The predicted molar refractivity (Wildman–Crippen MR) is 42.5 cm³/mol. The Balaban J connectivity index is 3.60. The summed E-state index contributed by atoms with van der Waals surface area (Å²) in [6.07, 6.45) is 2.32. The summed E-state index contributed by atoms with van der Waals surface area (Å²) in [5, 5.41) is 18.2. The lowest BCUT2D eigenvalue weighted by Crippen LogP contribution is -2.00. The van der Waals surface area contributed by atoms with Crippen LogP contribution in [-0.4, -0.2) is 22.5 Å². The number of rotatable bonds is 5. The third-order valence-electron chi connectivity index (χ3n) is 1.33. The number of carbonyl (C=O) groups is 1. The summed E-state index contributed by atoms with van der Waals surface area (Å²) in [5.74, 6) is -0.976. The minimum atomic E-state index is -0.976. The molecule has 0 aliphatic rings. The largest absolute Gasteiger partial charge is 0.478 e. The molecular weight excluding hydrogens is 162 g/mol. The van der Waals surface area contributed by atoms with Gasteiger partial charge in [0.2, 0.25) is 6.54 Å². The molecule has 12 heavy (non-hydrogen) atoms. The molecule has 0 saturated heterocycles. The van der Waals surface area contributed by atoms with Crippen molar-refractivity contribution in [2.45, 2.75) is 19.8 Å². The van der Waals surface area contributed by atoms with Crippen LogP contribution in [0.3, 0.4) is 0 Å². The Bertz CT molecular complexity index is 209. The first-order chi connectivity index (χ1) is 5.54. The van der Waals surface area contributed by atoms with Gasteiger partial charge in [-0.05, 0) is 13.3 Å². The number of allylic oxidation sites excluding steroid dienone is 1. The number of unbranched alkanes of at least 4 members (excludes halogenated alkanes) is 1. The van der Waals surface area contributed by atoms with E-state index in [0.717, 1.165) is 0 Å². The Morgan fingerprint density at radius 1 is 1.67 bits per heavy atom. The zero-order chi connectivity index (χ0) is 9.56. The summed E-state index contributed by atoms with van der Waals surface area (Å²) >= 11 is 0. The second kappa shape index (κ2) is 5.29. The van der Waals surface area contributed by atoms with E-state index in [1.165, 1.54) is 13.0 Å². The molecule has 0 saturated carbocycles. The Hall–Kier alpha value is -1.39. The molecule has 5 heteroatoms. The fourth-order valence-corrected chi connectivity index (χ4v) is 0.626. The van der Waals surface area contributed by atoms with E-state index in [9.17, 15) is 14.9 Å². The Morgan fingerprint density at radius 3 is 2.67 bits per heavy atom. The molecule has 0 aliphatic heterocycles. The van der Waals surface area contributed by atoms with Crippen molar-refractivity contribution in [2.24, 2.45) is 0 Å². The third kappa shape index (κ3) is 5.40.